The second kappa shape index (κ2) is 14.4. The molecule has 3 rings (SSSR count). The van der Waals surface area contributed by atoms with Gasteiger partial charge < -0.3 is 19.5 Å². The lowest BCUT2D eigenvalue weighted by Crippen LogP contribution is -2.46. The van der Waals surface area contributed by atoms with Gasteiger partial charge in [0.05, 0.1) is 39.5 Å². The Morgan fingerprint density at radius 2 is 1.79 bits per heavy atom. The van der Waals surface area contributed by atoms with Gasteiger partial charge in [0.15, 0.2) is 11.6 Å². The number of ether oxygens (including phenoxy) is 3. The van der Waals surface area contributed by atoms with Gasteiger partial charge in [-0.2, -0.15) is 0 Å². The maximum Gasteiger partial charge on any atom is 0.223 e. The van der Waals surface area contributed by atoms with E-state index in [2.05, 4.69) is 17.2 Å². The molecule has 1 amide bonds. The van der Waals surface area contributed by atoms with E-state index in [0.29, 0.717) is 38.7 Å². The first kappa shape index (κ1) is 30.5. The maximum absolute atomic E-state index is 13.6. The van der Waals surface area contributed by atoms with Gasteiger partial charge in [-0.15, -0.1) is 11.8 Å². The second-order valence-electron chi connectivity index (χ2n) is 10.5. The number of nitrogens with one attached hydrogen (secondary N) is 1. The average Bonchev–Trinajstić information content (AvgIpc) is 3.69. The van der Waals surface area contributed by atoms with Crippen LogP contribution in [0.1, 0.15) is 45.6 Å². The molecule has 2 aliphatic heterocycles. The second-order valence-corrected chi connectivity index (χ2v) is 10.5. The Morgan fingerprint density at radius 1 is 1.13 bits per heavy atom. The van der Waals surface area contributed by atoms with Crippen LogP contribution < -0.4 is 10.1 Å². The molecule has 0 saturated carbocycles. The zero-order chi connectivity index (χ0) is 28.4. The third kappa shape index (κ3) is 9.27. The summed E-state index contributed by atoms with van der Waals surface area (Å²) in [6, 6.07) is 6.40. The average molecular weight is 541 g/mol. The fourth-order valence-corrected chi connectivity index (χ4v) is 4.61. The van der Waals surface area contributed by atoms with Crippen LogP contribution in [0.2, 0.25) is 0 Å². The van der Waals surface area contributed by atoms with E-state index in [-0.39, 0.29) is 55.5 Å². The molecule has 0 spiro atoms. The molecule has 1 N–H and O–H groups in total. The zero-order valence-electron chi connectivity index (χ0n) is 23.4. The predicted molar refractivity (Wildman–Crippen MR) is 145 cm³/mol. The zero-order valence-corrected chi connectivity index (χ0v) is 23.4. The topological polar surface area (TPSA) is 115 Å². The van der Waals surface area contributed by atoms with E-state index in [1.807, 2.05) is 17.0 Å². The first-order valence-corrected chi connectivity index (χ1v) is 13.5. The van der Waals surface area contributed by atoms with Crippen molar-refractivity contribution in [1.82, 2.24) is 10.2 Å². The minimum atomic E-state index is -0.871. The number of morpholine rings is 1. The number of hydrogen-bond donors (Lipinski definition) is 1. The molecule has 4 atom stereocenters. The highest BCUT2D eigenvalue weighted by atomic mass is 16.6. The summed E-state index contributed by atoms with van der Waals surface area (Å²) < 4.78 is 15.9. The molecule has 0 aliphatic carbocycles. The van der Waals surface area contributed by atoms with Crippen LogP contribution in [0.4, 0.5) is 0 Å². The maximum atomic E-state index is 13.6. The number of benzene rings is 1. The highest BCUT2D eigenvalue weighted by Gasteiger charge is 2.49. The van der Waals surface area contributed by atoms with Gasteiger partial charge in [-0.1, -0.05) is 19.1 Å². The van der Waals surface area contributed by atoms with Gasteiger partial charge in [-0.05, 0) is 38.0 Å². The molecule has 4 unspecified atom stereocenters. The van der Waals surface area contributed by atoms with Gasteiger partial charge in [0.1, 0.15) is 17.1 Å². The Kier molecular flexibility index (Phi) is 11.2. The van der Waals surface area contributed by atoms with Crippen molar-refractivity contribution in [1.29, 1.82) is 0 Å². The number of rotatable bonds is 15. The molecule has 2 aliphatic rings. The smallest absolute Gasteiger partial charge is 0.223 e. The molecule has 9 heteroatoms. The summed E-state index contributed by atoms with van der Waals surface area (Å²) in [5.41, 5.74) is -0.0380. The van der Waals surface area contributed by atoms with Gasteiger partial charge in [0.2, 0.25) is 5.91 Å². The van der Waals surface area contributed by atoms with Crippen LogP contribution in [0, 0.1) is 23.7 Å². The molecule has 2 fully saturated rings. The Labute approximate surface area is 230 Å². The number of carbonyl (C=O) groups excluding carboxylic acids is 4. The molecule has 0 bridgehead atoms. The van der Waals surface area contributed by atoms with Crippen molar-refractivity contribution >= 4 is 23.3 Å². The number of ketones is 3. The third-order valence-corrected chi connectivity index (χ3v) is 7.23. The lowest BCUT2D eigenvalue weighted by Gasteiger charge is -2.26. The van der Waals surface area contributed by atoms with Crippen LogP contribution in [0.5, 0.6) is 5.75 Å². The molecule has 2 heterocycles. The largest absolute Gasteiger partial charge is 0.497 e. The Hall–Kier alpha value is -3.06. The summed E-state index contributed by atoms with van der Waals surface area (Å²) in [6.45, 7) is 8.28. The lowest BCUT2D eigenvalue weighted by atomic mass is 9.85. The van der Waals surface area contributed by atoms with Crippen LogP contribution in [0.15, 0.2) is 24.3 Å². The van der Waals surface area contributed by atoms with E-state index in [9.17, 15) is 19.2 Å². The van der Waals surface area contributed by atoms with Gasteiger partial charge in [0.25, 0.3) is 0 Å². The van der Waals surface area contributed by atoms with E-state index >= 15 is 0 Å². The Bertz CT molecular complexity index is 1080. The standard InChI is InChI=1S/C30H40N2O7/c1-5-6-7-23(28(35)30(3)20-39-30)18-27(34)26(17-22-8-10-25(37-4)11-9-22)31-29(36)21(2)16-24(33)19-32-12-14-38-15-13-32/h8-11,21,23,26H,7,12-20H2,1-4H3,(H,31,36). The van der Waals surface area contributed by atoms with Crippen LogP contribution in [-0.4, -0.2) is 86.4 Å². The van der Waals surface area contributed by atoms with Crippen molar-refractivity contribution in [3.05, 3.63) is 29.8 Å². The van der Waals surface area contributed by atoms with E-state index in [1.54, 1.807) is 40.0 Å². The quantitative estimate of drug-likeness (QED) is 0.265. The summed E-state index contributed by atoms with van der Waals surface area (Å²) in [6.07, 6.45) is 0.514. The van der Waals surface area contributed by atoms with Crippen molar-refractivity contribution in [2.24, 2.45) is 11.8 Å². The molecule has 1 aromatic carbocycles. The van der Waals surface area contributed by atoms with Crippen molar-refractivity contribution in [3.8, 4) is 17.6 Å². The first-order chi connectivity index (χ1) is 18.6. The summed E-state index contributed by atoms with van der Waals surface area (Å²) in [4.78, 5) is 54.4. The number of methoxy groups -OCH3 is 1. The monoisotopic (exact) mass is 540 g/mol. The minimum Gasteiger partial charge on any atom is -0.497 e. The number of amides is 1. The van der Waals surface area contributed by atoms with Gasteiger partial charge >= 0.3 is 0 Å². The van der Waals surface area contributed by atoms with Crippen LogP contribution >= 0.6 is 0 Å². The van der Waals surface area contributed by atoms with E-state index < -0.39 is 23.5 Å². The lowest BCUT2D eigenvalue weighted by molar-refractivity contribution is -0.134. The van der Waals surface area contributed by atoms with Crippen molar-refractivity contribution in [3.63, 3.8) is 0 Å². The minimum absolute atomic E-state index is 0.0286. The molecule has 0 radical (unpaired) electrons. The molecular formula is C30H40N2O7. The molecule has 9 nitrogen and oxygen atoms in total. The fraction of sp³-hybridized carbons (Fsp3) is 0.600. The molecule has 1 aromatic rings. The number of carbonyl (C=O) groups is 4. The van der Waals surface area contributed by atoms with Crippen molar-refractivity contribution < 1.29 is 33.4 Å². The van der Waals surface area contributed by atoms with E-state index in [0.717, 1.165) is 5.56 Å². The SMILES string of the molecule is CC#CCC(CC(=O)C(Cc1ccc(OC)cc1)NC(=O)C(C)CC(=O)CN1CCOCC1)C(=O)C1(C)CO1. The number of epoxide rings is 1. The summed E-state index contributed by atoms with van der Waals surface area (Å²) in [5.74, 6) is 4.37. The first-order valence-electron chi connectivity index (χ1n) is 13.5. The number of nitrogens with zero attached hydrogens (tertiary/aromatic N) is 1. The molecule has 39 heavy (non-hydrogen) atoms. The van der Waals surface area contributed by atoms with E-state index in [1.165, 1.54) is 0 Å². The molecule has 212 valence electrons. The van der Waals surface area contributed by atoms with Gasteiger partial charge in [0, 0.05) is 44.2 Å². The van der Waals surface area contributed by atoms with Crippen molar-refractivity contribution in [2.75, 3.05) is 46.6 Å². The molecule has 2 saturated heterocycles. The summed E-state index contributed by atoms with van der Waals surface area (Å²) in [7, 11) is 1.57. The predicted octanol–water partition coefficient (Wildman–Crippen LogP) is 2.00. The highest BCUT2D eigenvalue weighted by molar-refractivity contribution is 5.97. The normalized spacial score (nSPS) is 21.0. The van der Waals surface area contributed by atoms with Crippen molar-refractivity contribution in [2.45, 2.75) is 58.1 Å². The number of Topliss-reactive ketones (excluding diaryl/α,β-unsaturated/α-hetero) is 3. The van der Waals surface area contributed by atoms with E-state index in [4.69, 9.17) is 14.2 Å². The Morgan fingerprint density at radius 3 is 2.38 bits per heavy atom. The number of hydrogen-bond acceptors (Lipinski definition) is 8. The van der Waals surface area contributed by atoms with Crippen LogP contribution in [0.3, 0.4) is 0 Å². The van der Waals surface area contributed by atoms with Gasteiger partial charge in [-0.3, -0.25) is 24.1 Å². The fourth-order valence-electron chi connectivity index (χ4n) is 4.61. The van der Waals surface area contributed by atoms with Gasteiger partial charge in [-0.25, -0.2) is 0 Å². The molecular weight excluding hydrogens is 500 g/mol. The van der Waals surface area contributed by atoms with Crippen LogP contribution in [-0.2, 0) is 35.1 Å². The molecule has 0 aromatic heterocycles. The third-order valence-electron chi connectivity index (χ3n) is 7.23. The summed E-state index contributed by atoms with van der Waals surface area (Å²) in [5, 5.41) is 2.87. The summed E-state index contributed by atoms with van der Waals surface area (Å²) >= 11 is 0. The van der Waals surface area contributed by atoms with Crippen LogP contribution in [0.25, 0.3) is 0 Å². The highest BCUT2D eigenvalue weighted by Crippen LogP contribution is 2.32. The Balaban J connectivity index is 1.69.